The highest BCUT2D eigenvalue weighted by molar-refractivity contribution is 5.85. The molecule has 2 aliphatic carbocycles. The van der Waals surface area contributed by atoms with E-state index < -0.39 is 42.4 Å². The van der Waals surface area contributed by atoms with Crippen molar-refractivity contribution in [1.82, 2.24) is 10.6 Å². The Bertz CT molecular complexity index is 1090. The van der Waals surface area contributed by atoms with E-state index in [1.165, 1.54) is 6.08 Å². The van der Waals surface area contributed by atoms with Gasteiger partial charge in [0.25, 0.3) is 5.91 Å². The summed E-state index contributed by atoms with van der Waals surface area (Å²) in [7, 11) is 0. The zero-order valence-corrected chi connectivity index (χ0v) is 18.2. The summed E-state index contributed by atoms with van der Waals surface area (Å²) in [5.74, 6) is -7.50. The van der Waals surface area contributed by atoms with E-state index in [-0.39, 0.29) is 25.4 Å². The van der Waals surface area contributed by atoms with E-state index in [0.29, 0.717) is 0 Å². The highest BCUT2D eigenvalue weighted by atomic mass is 19.3. The third kappa shape index (κ3) is 4.93. The smallest absolute Gasteiger partial charge is 0.407 e. The summed E-state index contributed by atoms with van der Waals surface area (Å²) in [6.07, 6.45) is 2.28. The molecule has 0 aliphatic heterocycles. The van der Waals surface area contributed by atoms with Gasteiger partial charge in [0.1, 0.15) is 6.61 Å². The Labute approximate surface area is 194 Å². The molecule has 3 N–H and O–H groups in total. The molecule has 4 rings (SSSR count). The molecule has 2 aromatic carbocycles. The van der Waals surface area contributed by atoms with Gasteiger partial charge in [-0.1, -0.05) is 60.7 Å². The predicted molar refractivity (Wildman–Crippen MR) is 119 cm³/mol. The van der Waals surface area contributed by atoms with Gasteiger partial charge in [0.15, 0.2) is 0 Å². The Morgan fingerprint density at radius 1 is 1.03 bits per heavy atom. The Morgan fingerprint density at radius 2 is 1.65 bits per heavy atom. The van der Waals surface area contributed by atoms with E-state index in [1.54, 1.807) is 6.08 Å². The Kier molecular flexibility index (Phi) is 6.63. The van der Waals surface area contributed by atoms with Crippen LogP contribution in [0, 0.1) is 5.92 Å². The van der Waals surface area contributed by atoms with E-state index in [0.717, 1.165) is 22.3 Å². The molecule has 0 aromatic heterocycles. The zero-order valence-electron chi connectivity index (χ0n) is 18.2. The number of alkyl halides is 2. The molecule has 0 spiro atoms. The average molecular weight is 470 g/mol. The zero-order chi connectivity index (χ0) is 24.3. The maximum Gasteiger partial charge on any atom is 0.407 e. The molecular formula is C25H24F2N2O5. The van der Waals surface area contributed by atoms with Crippen LogP contribution in [0.15, 0.2) is 60.7 Å². The van der Waals surface area contributed by atoms with Gasteiger partial charge in [-0.25, -0.2) is 4.79 Å². The normalized spacial score (nSPS) is 19.1. The third-order valence-electron chi connectivity index (χ3n) is 6.12. The van der Waals surface area contributed by atoms with E-state index in [2.05, 4.69) is 5.32 Å². The van der Waals surface area contributed by atoms with Crippen LogP contribution >= 0.6 is 0 Å². The number of benzene rings is 2. The molecule has 0 saturated carbocycles. The van der Waals surface area contributed by atoms with Crippen LogP contribution in [0.1, 0.15) is 29.9 Å². The molecule has 2 aliphatic rings. The number of carbonyl (C=O) groups excluding carboxylic acids is 2. The maximum absolute atomic E-state index is 14.3. The lowest BCUT2D eigenvalue weighted by Gasteiger charge is -2.25. The largest absolute Gasteiger partial charge is 0.481 e. The summed E-state index contributed by atoms with van der Waals surface area (Å²) in [5.41, 5.74) is 4.05. The Balaban J connectivity index is 1.30. The number of fused-ring (bicyclic) bond motifs is 3. The monoisotopic (exact) mass is 470 g/mol. The quantitative estimate of drug-likeness (QED) is 0.536. The molecule has 2 aromatic rings. The number of halogens is 2. The van der Waals surface area contributed by atoms with Crippen molar-refractivity contribution >= 4 is 18.0 Å². The molecule has 0 radical (unpaired) electrons. The van der Waals surface area contributed by atoms with Gasteiger partial charge < -0.3 is 20.5 Å². The molecule has 0 bridgehead atoms. The predicted octanol–water partition coefficient (Wildman–Crippen LogP) is 3.70. The summed E-state index contributed by atoms with van der Waals surface area (Å²) in [4.78, 5) is 35.3. The van der Waals surface area contributed by atoms with Crippen molar-refractivity contribution in [2.24, 2.45) is 5.92 Å². The van der Waals surface area contributed by atoms with Crippen LogP contribution < -0.4 is 10.6 Å². The first-order chi connectivity index (χ1) is 16.3. The number of carboxylic acid groups (broad SMARTS) is 1. The van der Waals surface area contributed by atoms with Crippen molar-refractivity contribution in [3.63, 3.8) is 0 Å². The van der Waals surface area contributed by atoms with Crippen LogP contribution in [0.2, 0.25) is 0 Å². The number of nitrogens with one attached hydrogen (secondary N) is 2. The van der Waals surface area contributed by atoms with E-state index in [9.17, 15) is 23.2 Å². The molecular weight excluding hydrogens is 446 g/mol. The highest BCUT2D eigenvalue weighted by Crippen LogP contribution is 2.44. The Morgan fingerprint density at radius 3 is 2.26 bits per heavy atom. The van der Waals surface area contributed by atoms with Crippen molar-refractivity contribution in [2.75, 3.05) is 13.2 Å². The standard InChI is InChI=1S/C25H24F2N2O5/c26-25(27,23(32)29-16-7-5-6-15(12-16)22(30)31)14-28-24(33)34-13-21-19-10-3-1-8-17(19)18-9-2-4-11-20(18)21/h1-5,7-11,15-16,21H,6,12-14H2,(H,28,33)(H,29,32)(H,30,31). The molecule has 0 fully saturated rings. The lowest BCUT2D eigenvalue weighted by molar-refractivity contribution is -0.146. The molecule has 2 atom stereocenters. The molecule has 2 amide bonds. The SMILES string of the molecule is O=C(NCC(F)(F)C(=O)NC1C=CCC(C(=O)O)C1)OCC1c2ccccc2-c2ccccc21. The molecule has 9 heteroatoms. The van der Waals surface area contributed by atoms with Crippen molar-refractivity contribution in [3.8, 4) is 11.1 Å². The van der Waals surface area contributed by atoms with Crippen molar-refractivity contribution < 1.29 is 33.0 Å². The summed E-state index contributed by atoms with van der Waals surface area (Å²) < 4.78 is 33.8. The number of ether oxygens (including phenoxy) is 1. The minimum absolute atomic E-state index is 0.0213. The second-order valence-corrected chi connectivity index (χ2v) is 8.40. The lowest BCUT2D eigenvalue weighted by Crippen LogP contribution is -2.51. The van der Waals surface area contributed by atoms with Crippen LogP contribution in [-0.4, -0.2) is 48.2 Å². The minimum Gasteiger partial charge on any atom is -0.481 e. The number of alkyl carbamates (subject to hydrolysis) is 1. The maximum atomic E-state index is 14.3. The molecule has 0 saturated heterocycles. The number of amides is 2. The van der Waals surface area contributed by atoms with Crippen LogP contribution in [0.3, 0.4) is 0 Å². The van der Waals surface area contributed by atoms with E-state index in [4.69, 9.17) is 9.84 Å². The number of hydrogen-bond acceptors (Lipinski definition) is 4. The van der Waals surface area contributed by atoms with Crippen LogP contribution in [-0.2, 0) is 14.3 Å². The minimum atomic E-state index is -3.89. The molecule has 0 heterocycles. The number of rotatable bonds is 7. The fourth-order valence-corrected chi connectivity index (χ4v) is 4.38. The van der Waals surface area contributed by atoms with Gasteiger partial charge in [-0.15, -0.1) is 0 Å². The van der Waals surface area contributed by atoms with Gasteiger partial charge in [-0.05, 0) is 35.1 Å². The van der Waals surface area contributed by atoms with Gasteiger partial charge in [0.2, 0.25) is 0 Å². The molecule has 34 heavy (non-hydrogen) atoms. The summed E-state index contributed by atoms with van der Waals surface area (Å²) in [6, 6.07) is 14.6. The van der Waals surface area contributed by atoms with E-state index >= 15 is 0 Å². The number of carboxylic acids is 1. The van der Waals surface area contributed by atoms with Gasteiger partial charge in [0, 0.05) is 12.0 Å². The topological polar surface area (TPSA) is 105 Å². The third-order valence-corrected chi connectivity index (χ3v) is 6.12. The van der Waals surface area contributed by atoms with Crippen LogP contribution in [0.4, 0.5) is 13.6 Å². The first kappa shape index (κ1) is 23.4. The van der Waals surface area contributed by atoms with Crippen LogP contribution in [0.5, 0.6) is 0 Å². The van der Waals surface area contributed by atoms with E-state index in [1.807, 2.05) is 53.8 Å². The second kappa shape index (κ2) is 9.62. The molecule has 7 nitrogen and oxygen atoms in total. The summed E-state index contributed by atoms with van der Waals surface area (Å²) in [5, 5.41) is 13.2. The van der Waals surface area contributed by atoms with Gasteiger partial charge in [-0.3, -0.25) is 9.59 Å². The summed E-state index contributed by atoms with van der Waals surface area (Å²) >= 11 is 0. The number of allylic oxidation sites excluding steroid dienone is 1. The average Bonchev–Trinajstić information content (AvgIpc) is 3.15. The number of carbonyl (C=O) groups is 3. The molecule has 2 unspecified atom stereocenters. The van der Waals surface area contributed by atoms with Crippen LogP contribution in [0.25, 0.3) is 11.1 Å². The van der Waals surface area contributed by atoms with Crippen molar-refractivity contribution in [2.45, 2.75) is 30.7 Å². The number of aliphatic carboxylic acids is 1. The highest BCUT2D eigenvalue weighted by Gasteiger charge is 2.41. The van der Waals surface area contributed by atoms with Gasteiger partial charge >= 0.3 is 18.0 Å². The fraction of sp³-hybridized carbons (Fsp3) is 0.320. The van der Waals surface area contributed by atoms with Gasteiger partial charge in [-0.2, -0.15) is 8.78 Å². The number of hydrogen-bond donors (Lipinski definition) is 3. The lowest BCUT2D eigenvalue weighted by atomic mass is 9.91. The fourth-order valence-electron chi connectivity index (χ4n) is 4.38. The first-order valence-electron chi connectivity index (χ1n) is 10.9. The van der Waals surface area contributed by atoms with Gasteiger partial charge in [0.05, 0.1) is 12.5 Å². The summed E-state index contributed by atoms with van der Waals surface area (Å²) in [6.45, 7) is -1.28. The Hall–Kier alpha value is -3.75. The second-order valence-electron chi connectivity index (χ2n) is 8.40. The first-order valence-corrected chi connectivity index (χ1v) is 10.9. The van der Waals surface area contributed by atoms with Crippen molar-refractivity contribution in [1.29, 1.82) is 0 Å². The molecule has 178 valence electrons. The van der Waals surface area contributed by atoms with Crippen molar-refractivity contribution in [3.05, 3.63) is 71.8 Å².